The van der Waals surface area contributed by atoms with Crippen molar-refractivity contribution in [2.75, 3.05) is 18.8 Å². The third kappa shape index (κ3) is 4.55. The molecule has 6 heteroatoms. The lowest BCUT2D eigenvalue weighted by molar-refractivity contribution is -0.119. The van der Waals surface area contributed by atoms with Crippen molar-refractivity contribution in [1.29, 1.82) is 0 Å². The molecule has 0 radical (unpaired) electrons. The van der Waals surface area contributed by atoms with Gasteiger partial charge in [0.15, 0.2) is 0 Å². The normalized spacial score (nSPS) is 22.6. The van der Waals surface area contributed by atoms with Gasteiger partial charge in [-0.1, -0.05) is 30.1 Å². The monoisotopic (exact) mass is 332 g/mol. The first-order valence-corrected chi connectivity index (χ1v) is 8.38. The maximum atomic E-state index is 12.0. The van der Waals surface area contributed by atoms with Crippen LogP contribution in [0.4, 0.5) is 0 Å². The summed E-state index contributed by atoms with van der Waals surface area (Å²) in [5.41, 5.74) is 0. The number of nitrogens with one attached hydrogen (secondary N) is 2. The van der Waals surface area contributed by atoms with Gasteiger partial charge in [0.25, 0.3) is 0 Å². The number of rotatable bonds is 4. The third-order valence-electron chi connectivity index (χ3n) is 3.38. The number of benzene rings is 1. The van der Waals surface area contributed by atoms with E-state index in [1.165, 1.54) is 11.8 Å². The number of thioether (sulfide) groups is 1. The van der Waals surface area contributed by atoms with E-state index < -0.39 is 0 Å². The Labute approximate surface area is 133 Å². The molecule has 2 N–H and O–H groups in total. The number of carbonyl (C=O) groups excluding carboxylic acids is 1. The van der Waals surface area contributed by atoms with Crippen LogP contribution < -0.4 is 10.6 Å². The van der Waals surface area contributed by atoms with Gasteiger partial charge in [0.2, 0.25) is 5.91 Å². The van der Waals surface area contributed by atoms with E-state index in [1.54, 1.807) is 18.2 Å². The number of hydrogen-bond acceptors (Lipinski definition) is 3. The molecule has 0 spiro atoms. The van der Waals surface area contributed by atoms with Gasteiger partial charge in [0, 0.05) is 16.0 Å². The lowest BCUT2D eigenvalue weighted by Gasteiger charge is -2.30. The van der Waals surface area contributed by atoms with Gasteiger partial charge in [-0.25, -0.2) is 0 Å². The highest BCUT2D eigenvalue weighted by atomic mass is 35.5. The van der Waals surface area contributed by atoms with E-state index in [4.69, 9.17) is 23.2 Å². The molecule has 1 aliphatic rings. The Hall–Kier alpha value is -0.420. The molecule has 0 bridgehead atoms. The number of amides is 1. The first kappa shape index (κ1) is 16.0. The van der Waals surface area contributed by atoms with Crippen molar-refractivity contribution >= 4 is 40.9 Å². The van der Waals surface area contributed by atoms with Crippen LogP contribution >= 0.6 is 35.0 Å². The molecule has 1 aliphatic heterocycles. The van der Waals surface area contributed by atoms with Crippen LogP contribution in [0.3, 0.4) is 0 Å². The van der Waals surface area contributed by atoms with E-state index in [0.717, 1.165) is 24.4 Å². The molecule has 2 atom stereocenters. The van der Waals surface area contributed by atoms with E-state index in [-0.39, 0.29) is 11.9 Å². The maximum absolute atomic E-state index is 12.0. The summed E-state index contributed by atoms with van der Waals surface area (Å²) in [4.78, 5) is 12.8. The lowest BCUT2D eigenvalue weighted by atomic mass is 9.95. The molecule has 3 nitrogen and oxygen atoms in total. The van der Waals surface area contributed by atoms with E-state index in [2.05, 4.69) is 17.6 Å². The molecule has 1 heterocycles. The Morgan fingerprint density at radius 1 is 1.50 bits per heavy atom. The summed E-state index contributed by atoms with van der Waals surface area (Å²) in [6.07, 6.45) is 0.982. The highest BCUT2D eigenvalue weighted by Crippen LogP contribution is 2.29. The quantitative estimate of drug-likeness (QED) is 0.832. The second kappa shape index (κ2) is 7.55. The van der Waals surface area contributed by atoms with Gasteiger partial charge in [-0.15, -0.1) is 11.8 Å². The van der Waals surface area contributed by atoms with Gasteiger partial charge < -0.3 is 10.6 Å². The molecule has 1 aromatic rings. The standard InChI is InChI=1S/C14H18Cl2N2OS/c1-9-7-17-5-4-12(9)18-14(19)8-20-13-6-10(15)2-3-11(13)16/h2-3,6,9,12,17H,4-5,7-8H2,1H3,(H,18,19). The summed E-state index contributed by atoms with van der Waals surface area (Å²) in [5, 5.41) is 7.67. The zero-order valence-corrected chi connectivity index (χ0v) is 13.6. The molecule has 0 aromatic heterocycles. The van der Waals surface area contributed by atoms with Gasteiger partial charge >= 0.3 is 0 Å². The van der Waals surface area contributed by atoms with Crippen LogP contribution in [0.15, 0.2) is 23.1 Å². The molecule has 110 valence electrons. The molecule has 1 aromatic carbocycles. The first-order valence-electron chi connectivity index (χ1n) is 6.64. The summed E-state index contributed by atoms with van der Waals surface area (Å²) in [7, 11) is 0. The van der Waals surface area contributed by atoms with Crippen LogP contribution in [0.2, 0.25) is 10.0 Å². The van der Waals surface area contributed by atoms with Gasteiger partial charge in [-0.2, -0.15) is 0 Å². The third-order valence-corrected chi connectivity index (χ3v) is 5.12. The number of halogens is 2. The van der Waals surface area contributed by atoms with Gasteiger partial charge in [0.1, 0.15) is 0 Å². The molecular weight excluding hydrogens is 315 g/mol. The fraction of sp³-hybridized carbons (Fsp3) is 0.500. The van der Waals surface area contributed by atoms with E-state index in [0.29, 0.717) is 21.7 Å². The Kier molecular flexibility index (Phi) is 6.02. The summed E-state index contributed by atoms with van der Waals surface area (Å²) in [5.74, 6) is 0.869. The Morgan fingerprint density at radius 3 is 3.05 bits per heavy atom. The van der Waals surface area contributed by atoms with Crippen molar-refractivity contribution in [3.8, 4) is 0 Å². The Morgan fingerprint density at radius 2 is 2.30 bits per heavy atom. The molecule has 1 fully saturated rings. The second-order valence-electron chi connectivity index (χ2n) is 5.01. The fourth-order valence-electron chi connectivity index (χ4n) is 2.21. The van der Waals surface area contributed by atoms with Crippen LogP contribution in [-0.4, -0.2) is 30.8 Å². The zero-order valence-electron chi connectivity index (χ0n) is 11.3. The average molecular weight is 333 g/mol. The Balaban J connectivity index is 1.84. The smallest absolute Gasteiger partial charge is 0.230 e. The van der Waals surface area contributed by atoms with Crippen molar-refractivity contribution in [2.24, 2.45) is 5.92 Å². The van der Waals surface area contributed by atoms with Gasteiger partial charge in [-0.3, -0.25) is 4.79 Å². The fourth-order valence-corrected chi connectivity index (χ4v) is 3.51. The van der Waals surface area contributed by atoms with Crippen molar-refractivity contribution in [3.63, 3.8) is 0 Å². The van der Waals surface area contributed by atoms with Crippen LogP contribution in [0.5, 0.6) is 0 Å². The van der Waals surface area contributed by atoms with Crippen molar-refractivity contribution in [2.45, 2.75) is 24.3 Å². The van der Waals surface area contributed by atoms with Crippen molar-refractivity contribution in [3.05, 3.63) is 28.2 Å². The molecule has 0 saturated carbocycles. The van der Waals surface area contributed by atoms with E-state index in [9.17, 15) is 4.79 Å². The predicted molar refractivity (Wildman–Crippen MR) is 85.8 cm³/mol. The minimum absolute atomic E-state index is 0.0461. The summed E-state index contributed by atoms with van der Waals surface area (Å²) in [6.45, 7) is 4.07. The second-order valence-corrected chi connectivity index (χ2v) is 6.87. The highest BCUT2D eigenvalue weighted by Gasteiger charge is 2.22. The van der Waals surface area contributed by atoms with Gasteiger partial charge in [0.05, 0.1) is 10.8 Å². The predicted octanol–water partition coefficient (Wildman–Crippen LogP) is 3.20. The lowest BCUT2D eigenvalue weighted by Crippen LogP contribution is -2.48. The zero-order chi connectivity index (χ0) is 14.5. The number of hydrogen-bond donors (Lipinski definition) is 2. The SMILES string of the molecule is CC1CNCCC1NC(=O)CSc1cc(Cl)ccc1Cl. The minimum atomic E-state index is 0.0461. The molecule has 2 unspecified atom stereocenters. The number of carbonyl (C=O) groups is 1. The highest BCUT2D eigenvalue weighted by molar-refractivity contribution is 8.00. The van der Waals surface area contributed by atoms with Crippen LogP contribution in [0.25, 0.3) is 0 Å². The molecule has 2 rings (SSSR count). The van der Waals surface area contributed by atoms with Crippen LogP contribution in [-0.2, 0) is 4.79 Å². The van der Waals surface area contributed by atoms with Crippen molar-refractivity contribution in [1.82, 2.24) is 10.6 Å². The van der Waals surface area contributed by atoms with Gasteiger partial charge in [-0.05, 0) is 43.6 Å². The van der Waals surface area contributed by atoms with E-state index >= 15 is 0 Å². The summed E-state index contributed by atoms with van der Waals surface area (Å²) >= 11 is 13.4. The van der Waals surface area contributed by atoms with Crippen molar-refractivity contribution < 1.29 is 4.79 Å². The van der Waals surface area contributed by atoms with Crippen LogP contribution in [0.1, 0.15) is 13.3 Å². The number of piperidine rings is 1. The van der Waals surface area contributed by atoms with E-state index in [1.807, 2.05) is 0 Å². The molecule has 0 aliphatic carbocycles. The Bertz CT molecular complexity index is 484. The summed E-state index contributed by atoms with van der Waals surface area (Å²) in [6, 6.07) is 5.54. The maximum Gasteiger partial charge on any atom is 0.230 e. The first-order chi connectivity index (χ1) is 9.56. The molecule has 20 heavy (non-hydrogen) atoms. The minimum Gasteiger partial charge on any atom is -0.352 e. The molecule has 1 saturated heterocycles. The molecular formula is C14H18Cl2N2OS. The summed E-state index contributed by atoms with van der Waals surface area (Å²) < 4.78 is 0. The van der Waals surface area contributed by atoms with Crippen LogP contribution in [0, 0.1) is 5.92 Å². The molecule has 1 amide bonds. The average Bonchev–Trinajstić information content (AvgIpc) is 2.42. The topological polar surface area (TPSA) is 41.1 Å². The largest absolute Gasteiger partial charge is 0.352 e.